The third-order valence-electron chi connectivity index (χ3n) is 6.93. The summed E-state index contributed by atoms with van der Waals surface area (Å²) in [6, 6.07) is 28.4. The van der Waals surface area contributed by atoms with Gasteiger partial charge in [-0.3, -0.25) is 4.79 Å². The number of carbonyl (C=O) groups is 2. The highest BCUT2D eigenvalue weighted by atomic mass is 16.5. The summed E-state index contributed by atoms with van der Waals surface area (Å²) in [5, 5.41) is 19.8. The summed E-state index contributed by atoms with van der Waals surface area (Å²) in [6.45, 7) is 4.86. The normalized spacial score (nSPS) is 11.4. The molecule has 4 rings (SSSR count). The Kier molecular flexibility index (Phi) is 11.7. The number of aryl methyl sites for hydroxylation is 1. The molecule has 0 amide bonds. The molecule has 44 heavy (non-hydrogen) atoms. The fourth-order valence-corrected chi connectivity index (χ4v) is 4.73. The molecule has 0 aromatic heterocycles. The summed E-state index contributed by atoms with van der Waals surface area (Å²) >= 11 is 0. The van der Waals surface area contributed by atoms with Crippen molar-refractivity contribution in [3.05, 3.63) is 113 Å². The number of aliphatic carboxylic acids is 1. The zero-order valence-corrected chi connectivity index (χ0v) is 25.0. The largest absolute Gasteiger partial charge is 0.493 e. The molecule has 0 spiro atoms. The van der Waals surface area contributed by atoms with Crippen LogP contribution in [0.4, 0.5) is 5.69 Å². The highest BCUT2D eigenvalue weighted by Crippen LogP contribution is 2.26. The minimum atomic E-state index is -1.21. The van der Waals surface area contributed by atoms with E-state index < -0.39 is 12.2 Å². The maximum Gasteiger partial charge on any atom is 0.353 e. The van der Waals surface area contributed by atoms with E-state index in [1.165, 1.54) is 0 Å². The van der Waals surface area contributed by atoms with Gasteiger partial charge < -0.3 is 30.0 Å². The van der Waals surface area contributed by atoms with E-state index in [4.69, 9.17) is 19.6 Å². The van der Waals surface area contributed by atoms with Gasteiger partial charge in [-0.15, -0.1) is 0 Å². The monoisotopic (exact) mass is 594 g/mol. The van der Waals surface area contributed by atoms with Gasteiger partial charge >= 0.3 is 5.97 Å². The van der Waals surface area contributed by atoms with Crippen LogP contribution in [0.25, 0.3) is 11.1 Å². The van der Waals surface area contributed by atoms with E-state index in [0.29, 0.717) is 47.8 Å². The van der Waals surface area contributed by atoms with Crippen molar-refractivity contribution >= 4 is 23.7 Å². The first-order valence-corrected chi connectivity index (χ1v) is 14.8. The fraction of sp³-hybridized carbons (Fsp3) is 0.250. The van der Waals surface area contributed by atoms with Gasteiger partial charge in [0.2, 0.25) is 6.23 Å². The Bertz CT molecular complexity index is 1550. The highest BCUT2D eigenvalue weighted by Gasteiger charge is 2.18. The molecule has 4 aromatic rings. The van der Waals surface area contributed by atoms with E-state index in [1.54, 1.807) is 25.1 Å². The minimum absolute atomic E-state index is 0.0243. The third-order valence-corrected chi connectivity index (χ3v) is 6.93. The number of carboxylic acids is 1. The number of benzene rings is 4. The summed E-state index contributed by atoms with van der Waals surface area (Å²) in [5.74, 6) is 0.152. The predicted octanol–water partition coefficient (Wildman–Crippen LogP) is 7.24. The molecule has 0 aliphatic heterocycles. The van der Waals surface area contributed by atoms with E-state index >= 15 is 0 Å². The van der Waals surface area contributed by atoms with E-state index in [1.807, 2.05) is 72.8 Å². The molecule has 8 heteroatoms. The predicted molar refractivity (Wildman–Crippen MR) is 172 cm³/mol. The van der Waals surface area contributed by atoms with Crippen molar-refractivity contribution in [3.63, 3.8) is 0 Å². The molecular formula is C36H38N2O6. The van der Waals surface area contributed by atoms with Gasteiger partial charge in [-0.25, -0.2) is 4.79 Å². The SMILES string of the molecule is CCCc1cc(C(=O)c2ccc(-c3ccccc3)cc2)ccc1OCCCOc1ccc(NC(OCC)C(=O)O)c(C=N)c1. The molecule has 3 N–H and O–H groups in total. The van der Waals surface area contributed by atoms with Crippen LogP contribution < -0.4 is 14.8 Å². The first kappa shape index (κ1) is 32.0. The molecule has 0 bridgehead atoms. The third kappa shape index (κ3) is 8.55. The van der Waals surface area contributed by atoms with Gasteiger partial charge in [-0.2, -0.15) is 0 Å². The Hall–Kier alpha value is -4.95. The van der Waals surface area contributed by atoms with Crippen LogP contribution in [0.5, 0.6) is 11.5 Å². The Balaban J connectivity index is 1.32. The number of ketones is 1. The minimum Gasteiger partial charge on any atom is -0.493 e. The van der Waals surface area contributed by atoms with Crippen LogP contribution in [-0.2, 0) is 16.0 Å². The second-order valence-electron chi connectivity index (χ2n) is 10.1. The second-order valence-corrected chi connectivity index (χ2v) is 10.1. The topological polar surface area (TPSA) is 118 Å². The first-order valence-electron chi connectivity index (χ1n) is 14.8. The number of carboxylic acid groups (broad SMARTS) is 1. The molecule has 1 atom stereocenters. The van der Waals surface area contributed by atoms with Gasteiger partial charge in [0.1, 0.15) is 11.5 Å². The Morgan fingerprint density at radius 3 is 2.25 bits per heavy atom. The second kappa shape index (κ2) is 16.0. The molecule has 1 unspecified atom stereocenters. The lowest BCUT2D eigenvalue weighted by atomic mass is 9.97. The first-order chi connectivity index (χ1) is 21.4. The van der Waals surface area contributed by atoms with Crippen molar-refractivity contribution < 1.29 is 28.9 Å². The van der Waals surface area contributed by atoms with Gasteiger partial charge in [0.05, 0.1) is 13.2 Å². The van der Waals surface area contributed by atoms with Gasteiger partial charge in [-0.05, 0) is 66.4 Å². The zero-order chi connectivity index (χ0) is 31.3. The number of hydrogen-bond acceptors (Lipinski definition) is 7. The highest BCUT2D eigenvalue weighted by molar-refractivity contribution is 6.09. The molecule has 0 aliphatic rings. The van der Waals surface area contributed by atoms with Crippen LogP contribution in [0.1, 0.15) is 53.7 Å². The summed E-state index contributed by atoms with van der Waals surface area (Å²) in [4.78, 5) is 24.7. The summed E-state index contributed by atoms with van der Waals surface area (Å²) in [7, 11) is 0. The van der Waals surface area contributed by atoms with Crippen LogP contribution >= 0.6 is 0 Å². The molecule has 4 aromatic carbocycles. The lowest BCUT2D eigenvalue weighted by molar-refractivity contribution is -0.148. The molecule has 0 aliphatic carbocycles. The van der Waals surface area contributed by atoms with Gasteiger partial charge in [0.15, 0.2) is 5.78 Å². The van der Waals surface area contributed by atoms with Gasteiger partial charge in [0.25, 0.3) is 0 Å². The van der Waals surface area contributed by atoms with E-state index in [2.05, 4.69) is 12.2 Å². The number of anilines is 1. The number of ether oxygens (including phenoxy) is 3. The maximum atomic E-state index is 13.3. The lowest BCUT2D eigenvalue weighted by Crippen LogP contribution is -2.32. The molecule has 228 valence electrons. The summed E-state index contributed by atoms with van der Waals surface area (Å²) < 4.78 is 17.1. The summed E-state index contributed by atoms with van der Waals surface area (Å²) in [6.07, 6.45) is 2.25. The van der Waals surface area contributed by atoms with Crippen molar-refractivity contribution in [2.75, 3.05) is 25.1 Å². The van der Waals surface area contributed by atoms with Crippen molar-refractivity contribution in [2.24, 2.45) is 0 Å². The Morgan fingerprint density at radius 2 is 1.57 bits per heavy atom. The Morgan fingerprint density at radius 1 is 0.864 bits per heavy atom. The molecule has 0 heterocycles. The van der Waals surface area contributed by atoms with Crippen LogP contribution in [0, 0.1) is 5.41 Å². The van der Waals surface area contributed by atoms with Gasteiger partial charge in [-0.1, -0.05) is 67.9 Å². The molecule has 0 saturated carbocycles. The smallest absolute Gasteiger partial charge is 0.353 e. The quantitative estimate of drug-likeness (QED) is 0.0510. The average molecular weight is 595 g/mol. The van der Waals surface area contributed by atoms with Crippen LogP contribution in [0.3, 0.4) is 0 Å². The van der Waals surface area contributed by atoms with Crippen molar-refractivity contribution in [1.82, 2.24) is 0 Å². The van der Waals surface area contributed by atoms with E-state index in [0.717, 1.165) is 41.5 Å². The van der Waals surface area contributed by atoms with Gasteiger partial charge in [0, 0.05) is 41.6 Å². The number of rotatable bonds is 17. The van der Waals surface area contributed by atoms with Crippen molar-refractivity contribution in [2.45, 2.75) is 39.3 Å². The maximum absolute atomic E-state index is 13.3. The van der Waals surface area contributed by atoms with Crippen LogP contribution in [-0.4, -0.2) is 49.1 Å². The molecule has 0 fully saturated rings. The van der Waals surface area contributed by atoms with Crippen LogP contribution in [0.2, 0.25) is 0 Å². The molecule has 0 saturated heterocycles. The average Bonchev–Trinajstić information content (AvgIpc) is 3.05. The molecule has 8 nitrogen and oxygen atoms in total. The fourth-order valence-electron chi connectivity index (χ4n) is 4.73. The molecule has 0 radical (unpaired) electrons. The number of hydrogen-bond donors (Lipinski definition) is 3. The Labute approximate surface area is 258 Å². The van der Waals surface area contributed by atoms with Crippen molar-refractivity contribution in [1.29, 1.82) is 5.41 Å². The van der Waals surface area contributed by atoms with E-state index in [-0.39, 0.29) is 12.4 Å². The zero-order valence-electron chi connectivity index (χ0n) is 25.0. The number of carbonyl (C=O) groups excluding carboxylic acids is 1. The summed E-state index contributed by atoms with van der Waals surface area (Å²) in [5.41, 5.74) is 5.39. The molecular weight excluding hydrogens is 556 g/mol. The standard InChI is InChI=1S/C36H38N2O6/c1-3-9-28-22-29(34(39)27-14-12-26(13-15-27)25-10-6-5-7-11-25)16-19-33(28)44-21-8-20-43-31-17-18-32(30(23-31)24-37)38-35(36(40)41)42-4-2/h5-7,10-19,22-24,35,37-38H,3-4,8-9,20-21H2,1-2H3,(H,40,41). The lowest BCUT2D eigenvalue weighted by Gasteiger charge is -2.18. The van der Waals surface area contributed by atoms with Crippen LogP contribution in [0.15, 0.2) is 91.0 Å². The van der Waals surface area contributed by atoms with Crippen molar-refractivity contribution in [3.8, 4) is 22.6 Å². The number of nitrogens with one attached hydrogen (secondary N) is 2. The van der Waals surface area contributed by atoms with E-state index in [9.17, 15) is 14.7 Å².